The van der Waals surface area contributed by atoms with Crippen LogP contribution in [0.1, 0.15) is 32.1 Å². The van der Waals surface area contributed by atoms with E-state index in [0.717, 1.165) is 0 Å². The van der Waals surface area contributed by atoms with Crippen LogP contribution in [0.15, 0.2) is 0 Å². The molecule has 0 heterocycles. The first-order valence-electron chi connectivity index (χ1n) is 5.81. The molecule has 1 amide bonds. The first kappa shape index (κ1) is 13.6. The molecule has 0 aromatic carbocycles. The zero-order chi connectivity index (χ0) is 12.8. The maximum absolute atomic E-state index is 11.4. The van der Waals surface area contributed by atoms with Gasteiger partial charge >= 0.3 is 5.97 Å². The molecular formula is C11H18N2O4. The standard InChI is InChI=1S/C11H18N2O4/c12-8(11(16)17)3-1-2-6-13-10(15)7-4-5-9(7)14/h7-8H,1-6,12H2,(H,13,15)(H,16,17)/t7-,8+/m1/s1. The Kier molecular flexibility index (Phi) is 5.09. The van der Waals surface area contributed by atoms with Gasteiger partial charge in [0.05, 0.1) is 5.92 Å². The van der Waals surface area contributed by atoms with E-state index in [1.54, 1.807) is 0 Å². The van der Waals surface area contributed by atoms with Gasteiger partial charge in [0.15, 0.2) is 0 Å². The fourth-order valence-electron chi connectivity index (χ4n) is 1.63. The molecule has 1 rings (SSSR count). The van der Waals surface area contributed by atoms with Crippen LogP contribution >= 0.6 is 0 Å². The molecule has 17 heavy (non-hydrogen) atoms. The Morgan fingerprint density at radius 3 is 2.65 bits per heavy atom. The number of carbonyl (C=O) groups is 3. The molecule has 1 aliphatic rings. The predicted octanol–water partition coefficient (Wildman–Crippen LogP) is -0.336. The number of carboxylic acid groups (broad SMARTS) is 1. The summed E-state index contributed by atoms with van der Waals surface area (Å²) in [6, 6.07) is -0.834. The van der Waals surface area contributed by atoms with E-state index in [1.807, 2.05) is 0 Å². The van der Waals surface area contributed by atoms with Gasteiger partial charge in [-0.05, 0) is 25.7 Å². The average molecular weight is 242 g/mol. The average Bonchev–Trinajstić information content (AvgIpc) is 2.26. The summed E-state index contributed by atoms with van der Waals surface area (Å²) in [5.74, 6) is -1.65. The minimum atomic E-state index is -1.01. The third-order valence-electron chi connectivity index (χ3n) is 2.94. The Morgan fingerprint density at radius 1 is 1.47 bits per heavy atom. The van der Waals surface area contributed by atoms with Crippen LogP contribution in [0, 0.1) is 5.92 Å². The van der Waals surface area contributed by atoms with Crippen molar-refractivity contribution in [3.8, 4) is 0 Å². The highest BCUT2D eigenvalue weighted by molar-refractivity contribution is 6.05. The van der Waals surface area contributed by atoms with Gasteiger partial charge in [0.25, 0.3) is 0 Å². The molecule has 0 radical (unpaired) electrons. The molecule has 0 saturated heterocycles. The van der Waals surface area contributed by atoms with Gasteiger partial charge in [-0.1, -0.05) is 0 Å². The maximum Gasteiger partial charge on any atom is 0.320 e. The van der Waals surface area contributed by atoms with Gasteiger partial charge in [-0.25, -0.2) is 0 Å². The number of Topliss-reactive ketones (excluding diaryl/α,β-unsaturated/α-hetero) is 1. The number of rotatable bonds is 7. The topological polar surface area (TPSA) is 109 Å². The van der Waals surface area contributed by atoms with E-state index in [2.05, 4.69) is 5.32 Å². The second-order valence-electron chi connectivity index (χ2n) is 4.29. The molecule has 96 valence electrons. The number of unbranched alkanes of at least 4 members (excludes halogenated alkanes) is 1. The predicted molar refractivity (Wildman–Crippen MR) is 60.2 cm³/mol. The van der Waals surface area contributed by atoms with Crippen LogP contribution in [0.4, 0.5) is 0 Å². The lowest BCUT2D eigenvalue weighted by atomic mass is 9.83. The molecule has 0 aromatic rings. The van der Waals surface area contributed by atoms with E-state index in [0.29, 0.717) is 38.6 Å². The van der Waals surface area contributed by atoms with E-state index in [-0.39, 0.29) is 11.7 Å². The van der Waals surface area contributed by atoms with Crippen LogP contribution in [-0.2, 0) is 14.4 Å². The smallest absolute Gasteiger partial charge is 0.320 e. The number of ketones is 1. The Hall–Kier alpha value is -1.43. The Morgan fingerprint density at radius 2 is 2.18 bits per heavy atom. The Bertz CT molecular complexity index is 317. The van der Waals surface area contributed by atoms with E-state index in [1.165, 1.54) is 0 Å². The van der Waals surface area contributed by atoms with E-state index in [4.69, 9.17) is 10.8 Å². The van der Waals surface area contributed by atoms with Gasteiger partial charge in [0.2, 0.25) is 5.91 Å². The summed E-state index contributed by atoms with van der Waals surface area (Å²) >= 11 is 0. The van der Waals surface area contributed by atoms with Gasteiger partial charge in [-0.15, -0.1) is 0 Å². The van der Waals surface area contributed by atoms with Crippen molar-refractivity contribution in [3.63, 3.8) is 0 Å². The molecule has 4 N–H and O–H groups in total. The molecule has 1 saturated carbocycles. The zero-order valence-corrected chi connectivity index (χ0v) is 9.65. The summed E-state index contributed by atoms with van der Waals surface area (Å²) < 4.78 is 0. The minimum Gasteiger partial charge on any atom is -0.480 e. The van der Waals surface area contributed by atoms with E-state index < -0.39 is 17.9 Å². The van der Waals surface area contributed by atoms with E-state index in [9.17, 15) is 14.4 Å². The maximum atomic E-state index is 11.4. The van der Waals surface area contributed by atoms with Crippen molar-refractivity contribution in [2.45, 2.75) is 38.1 Å². The molecule has 1 aliphatic carbocycles. The lowest BCUT2D eigenvalue weighted by Crippen LogP contribution is -2.41. The summed E-state index contributed by atoms with van der Waals surface area (Å²) in [6.07, 6.45) is 2.87. The monoisotopic (exact) mass is 242 g/mol. The molecule has 0 bridgehead atoms. The highest BCUT2D eigenvalue weighted by atomic mass is 16.4. The van der Waals surface area contributed by atoms with Crippen LogP contribution in [0.25, 0.3) is 0 Å². The van der Waals surface area contributed by atoms with Crippen molar-refractivity contribution < 1.29 is 19.5 Å². The second kappa shape index (κ2) is 6.34. The zero-order valence-electron chi connectivity index (χ0n) is 9.65. The number of hydrogen-bond acceptors (Lipinski definition) is 4. The van der Waals surface area contributed by atoms with Crippen molar-refractivity contribution in [1.29, 1.82) is 0 Å². The van der Waals surface area contributed by atoms with Crippen LogP contribution in [0.2, 0.25) is 0 Å². The third-order valence-corrected chi connectivity index (χ3v) is 2.94. The van der Waals surface area contributed by atoms with Crippen LogP contribution in [0.5, 0.6) is 0 Å². The first-order valence-corrected chi connectivity index (χ1v) is 5.81. The van der Waals surface area contributed by atoms with Crippen LogP contribution < -0.4 is 11.1 Å². The highest BCUT2D eigenvalue weighted by Crippen LogP contribution is 2.21. The summed E-state index contributed by atoms with van der Waals surface area (Å²) in [5.41, 5.74) is 5.32. The van der Waals surface area contributed by atoms with E-state index >= 15 is 0 Å². The fourth-order valence-corrected chi connectivity index (χ4v) is 1.63. The quantitative estimate of drug-likeness (QED) is 0.418. The molecule has 2 atom stereocenters. The van der Waals surface area contributed by atoms with Gasteiger partial charge in [0.1, 0.15) is 11.8 Å². The summed E-state index contributed by atoms with van der Waals surface area (Å²) in [5, 5.41) is 11.2. The third kappa shape index (κ3) is 4.14. The lowest BCUT2D eigenvalue weighted by Gasteiger charge is -2.22. The van der Waals surface area contributed by atoms with Gasteiger partial charge < -0.3 is 16.2 Å². The second-order valence-corrected chi connectivity index (χ2v) is 4.29. The molecular weight excluding hydrogens is 224 g/mol. The molecule has 6 nitrogen and oxygen atoms in total. The molecule has 0 aliphatic heterocycles. The SMILES string of the molecule is N[C@@H](CCCCNC(=O)[C@@H]1CCC1=O)C(=O)O. The summed E-state index contributed by atoms with van der Waals surface area (Å²) in [4.78, 5) is 32.8. The summed E-state index contributed by atoms with van der Waals surface area (Å²) in [7, 11) is 0. The van der Waals surface area contributed by atoms with Gasteiger partial charge in [-0.3, -0.25) is 14.4 Å². The van der Waals surface area contributed by atoms with Gasteiger partial charge in [-0.2, -0.15) is 0 Å². The van der Waals surface area contributed by atoms with Crippen molar-refractivity contribution in [1.82, 2.24) is 5.32 Å². The van der Waals surface area contributed by atoms with Crippen molar-refractivity contribution in [2.75, 3.05) is 6.54 Å². The van der Waals surface area contributed by atoms with Crippen LogP contribution in [0.3, 0.4) is 0 Å². The largest absolute Gasteiger partial charge is 0.480 e. The number of hydrogen-bond donors (Lipinski definition) is 3. The van der Waals surface area contributed by atoms with Crippen molar-refractivity contribution in [3.05, 3.63) is 0 Å². The molecule has 0 aromatic heterocycles. The highest BCUT2D eigenvalue weighted by Gasteiger charge is 2.34. The summed E-state index contributed by atoms with van der Waals surface area (Å²) in [6.45, 7) is 0.467. The van der Waals surface area contributed by atoms with Crippen molar-refractivity contribution >= 4 is 17.7 Å². The number of nitrogens with one attached hydrogen (secondary N) is 1. The first-order chi connectivity index (χ1) is 8.02. The molecule has 0 unspecified atom stereocenters. The Labute approximate surface area is 99.6 Å². The molecule has 6 heteroatoms. The number of carboxylic acids is 1. The number of nitrogens with two attached hydrogens (primary N) is 1. The fraction of sp³-hybridized carbons (Fsp3) is 0.727. The number of aliphatic carboxylic acids is 1. The number of amides is 1. The Balaban J connectivity index is 2.02. The van der Waals surface area contributed by atoms with Crippen LogP contribution in [-0.4, -0.2) is 35.4 Å². The van der Waals surface area contributed by atoms with Crippen molar-refractivity contribution in [2.24, 2.45) is 11.7 Å². The minimum absolute atomic E-state index is 0.00963. The normalized spacial score (nSPS) is 20.5. The molecule has 1 fully saturated rings. The number of carbonyl (C=O) groups excluding carboxylic acids is 2. The molecule has 0 spiro atoms. The van der Waals surface area contributed by atoms with Gasteiger partial charge in [0, 0.05) is 13.0 Å². The lowest BCUT2D eigenvalue weighted by molar-refractivity contribution is -0.140.